The number of nitrogens with zero attached hydrogens (tertiary/aromatic N) is 2. The molecule has 0 aliphatic carbocycles. The van der Waals surface area contributed by atoms with Gasteiger partial charge in [0.2, 0.25) is 5.76 Å². The number of methoxy groups -OCH3 is 1. The quantitative estimate of drug-likeness (QED) is 0.400. The highest BCUT2D eigenvalue weighted by Crippen LogP contribution is 2.22. The molecule has 1 saturated heterocycles. The number of esters is 1. The SMILES string of the molecule is COC(=O)c1ccc(CN2C(=O)NC(=Cc3cccn3-c3ccccc3C)C2=O)o1. The van der Waals surface area contributed by atoms with Gasteiger partial charge in [-0.15, -0.1) is 0 Å². The van der Waals surface area contributed by atoms with Crippen molar-refractivity contribution in [1.82, 2.24) is 14.8 Å². The molecular formula is C22H19N3O5. The molecule has 1 aliphatic heterocycles. The molecule has 0 radical (unpaired) electrons. The van der Waals surface area contributed by atoms with Gasteiger partial charge in [-0.05, 0) is 48.9 Å². The molecule has 0 atom stereocenters. The molecule has 1 aromatic carbocycles. The molecule has 0 unspecified atom stereocenters. The van der Waals surface area contributed by atoms with E-state index in [4.69, 9.17) is 4.42 Å². The number of hydrogen-bond acceptors (Lipinski definition) is 5. The number of hydrogen-bond donors (Lipinski definition) is 1. The van der Waals surface area contributed by atoms with Crippen molar-refractivity contribution in [2.24, 2.45) is 0 Å². The van der Waals surface area contributed by atoms with E-state index in [0.29, 0.717) is 5.76 Å². The molecule has 152 valence electrons. The van der Waals surface area contributed by atoms with Gasteiger partial charge in [0.25, 0.3) is 5.91 Å². The first kappa shape index (κ1) is 19.3. The summed E-state index contributed by atoms with van der Waals surface area (Å²) in [5.41, 5.74) is 2.97. The lowest BCUT2D eigenvalue weighted by atomic mass is 10.2. The number of aryl methyl sites for hydroxylation is 1. The molecule has 8 heteroatoms. The number of ether oxygens (including phenoxy) is 1. The number of rotatable bonds is 5. The Morgan fingerprint density at radius 1 is 1.13 bits per heavy atom. The van der Waals surface area contributed by atoms with Crippen molar-refractivity contribution in [1.29, 1.82) is 0 Å². The van der Waals surface area contributed by atoms with Crippen LogP contribution in [0.2, 0.25) is 0 Å². The van der Waals surface area contributed by atoms with Gasteiger partial charge in [-0.3, -0.25) is 9.69 Å². The first-order chi connectivity index (χ1) is 14.5. The molecule has 1 aliphatic rings. The van der Waals surface area contributed by atoms with Crippen LogP contribution >= 0.6 is 0 Å². The Balaban J connectivity index is 1.57. The summed E-state index contributed by atoms with van der Waals surface area (Å²) in [5.74, 6) is -0.806. The zero-order valence-corrected chi connectivity index (χ0v) is 16.4. The van der Waals surface area contributed by atoms with Crippen LogP contribution in [0.1, 0.15) is 27.6 Å². The first-order valence-corrected chi connectivity index (χ1v) is 9.23. The molecule has 4 rings (SSSR count). The Kier molecular flexibility index (Phi) is 4.97. The Labute approximate surface area is 172 Å². The van der Waals surface area contributed by atoms with Crippen molar-refractivity contribution in [3.8, 4) is 5.69 Å². The number of benzene rings is 1. The van der Waals surface area contributed by atoms with Gasteiger partial charge in [-0.25, -0.2) is 9.59 Å². The number of amides is 3. The van der Waals surface area contributed by atoms with Gasteiger partial charge in [0.05, 0.1) is 13.7 Å². The molecule has 0 saturated carbocycles. The second-order valence-electron chi connectivity index (χ2n) is 6.73. The average molecular weight is 405 g/mol. The lowest BCUT2D eigenvalue weighted by Gasteiger charge is -2.10. The lowest BCUT2D eigenvalue weighted by Crippen LogP contribution is -2.30. The number of carbonyl (C=O) groups is 3. The van der Waals surface area contributed by atoms with Gasteiger partial charge in [0.15, 0.2) is 0 Å². The van der Waals surface area contributed by atoms with Crippen LogP contribution in [0.4, 0.5) is 4.79 Å². The van der Waals surface area contributed by atoms with Crippen molar-refractivity contribution in [2.45, 2.75) is 13.5 Å². The molecule has 1 fully saturated rings. The van der Waals surface area contributed by atoms with E-state index < -0.39 is 17.9 Å². The number of imide groups is 1. The summed E-state index contributed by atoms with van der Waals surface area (Å²) in [5, 5.41) is 2.60. The van der Waals surface area contributed by atoms with Gasteiger partial charge in [0.1, 0.15) is 11.5 Å². The van der Waals surface area contributed by atoms with Crippen molar-refractivity contribution in [3.05, 3.63) is 83.2 Å². The Morgan fingerprint density at radius 3 is 2.70 bits per heavy atom. The molecule has 2 aromatic heterocycles. The number of nitrogens with one attached hydrogen (secondary N) is 1. The minimum atomic E-state index is -0.629. The summed E-state index contributed by atoms with van der Waals surface area (Å²) >= 11 is 0. The maximum atomic E-state index is 12.8. The number of urea groups is 1. The third-order valence-corrected chi connectivity index (χ3v) is 4.77. The number of para-hydroxylation sites is 1. The van der Waals surface area contributed by atoms with E-state index in [9.17, 15) is 14.4 Å². The number of carbonyl (C=O) groups excluding carboxylic acids is 3. The van der Waals surface area contributed by atoms with Crippen LogP contribution in [0.25, 0.3) is 11.8 Å². The topological polar surface area (TPSA) is 93.8 Å². The summed E-state index contributed by atoms with van der Waals surface area (Å²) in [6, 6.07) is 14.0. The molecule has 1 N–H and O–H groups in total. The van der Waals surface area contributed by atoms with Crippen LogP contribution in [0.3, 0.4) is 0 Å². The predicted molar refractivity (Wildman–Crippen MR) is 108 cm³/mol. The van der Waals surface area contributed by atoms with E-state index in [2.05, 4.69) is 10.1 Å². The van der Waals surface area contributed by atoms with Gasteiger partial charge >= 0.3 is 12.0 Å². The highest BCUT2D eigenvalue weighted by atomic mass is 16.5. The second-order valence-corrected chi connectivity index (χ2v) is 6.73. The fraction of sp³-hybridized carbons (Fsp3) is 0.136. The van der Waals surface area contributed by atoms with Gasteiger partial charge in [-0.1, -0.05) is 18.2 Å². The van der Waals surface area contributed by atoms with Crippen molar-refractivity contribution >= 4 is 24.0 Å². The third kappa shape index (κ3) is 3.50. The molecule has 0 bridgehead atoms. The summed E-state index contributed by atoms with van der Waals surface area (Å²) in [6.45, 7) is 1.90. The summed E-state index contributed by atoms with van der Waals surface area (Å²) in [6.07, 6.45) is 3.53. The molecule has 8 nitrogen and oxygen atoms in total. The standard InChI is InChI=1S/C22H19N3O5/c1-14-6-3-4-8-18(14)24-11-5-7-15(24)12-17-20(26)25(22(28)23-17)13-16-9-10-19(30-16)21(27)29-2/h3-12H,13H2,1-2H3,(H,23,28). The minimum absolute atomic E-state index is 0.00591. The van der Waals surface area contributed by atoms with Crippen molar-refractivity contribution in [2.75, 3.05) is 7.11 Å². The molecule has 3 heterocycles. The van der Waals surface area contributed by atoms with E-state index in [1.165, 1.54) is 19.2 Å². The number of furan rings is 1. The van der Waals surface area contributed by atoms with E-state index >= 15 is 0 Å². The van der Waals surface area contributed by atoms with Gasteiger partial charge < -0.3 is 19.0 Å². The summed E-state index contributed by atoms with van der Waals surface area (Å²) < 4.78 is 11.9. The molecule has 30 heavy (non-hydrogen) atoms. The lowest BCUT2D eigenvalue weighted by molar-refractivity contribution is -0.123. The van der Waals surface area contributed by atoms with Crippen LogP contribution in [-0.4, -0.2) is 34.5 Å². The highest BCUT2D eigenvalue weighted by Gasteiger charge is 2.34. The predicted octanol–water partition coefficient (Wildman–Crippen LogP) is 3.26. The third-order valence-electron chi connectivity index (χ3n) is 4.77. The molecule has 0 spiro atoms. The fourth-order valence-electron chi connectivity index (χ4n) is 3.26. The molecule has 3 aromatic rings. The smallest absolute Gasteiger partial charge is 0.373 e. The van der Waals surface area contributed by atoms with Gasteiger partial charge in [0, 0.05) is 17.6 Å². The van der Waals surface area contributed by atoms with Crippen LogP contribution in [0, 0.1) is 6.92 Å². The first-order valence-electron chi connectivity index (χ1n) is 9.23. The van der Waals surface area contributed by atoms with Crippen LogP contribution in [-0.2, 0) is 16.1 Å². The number of aromatic nitrogens is 1. The van der Waals surface area contributed by atoms with E-state index in [1.807, 2.05) is 54.1 Å². The fourth-order valence-corrected chi connectivity index (χ4v) is 3.26. The molecular weight excluding hydrogens is 386 g/mol. The zero-order valence-electron chi connectivity index (χ0n) is 16.4. The minimum Gasteiger partial charge on any atom is -0.463 e. The van der Waals surface area contributed by atoms with Gasteiger partial charge in [-0.2, -0.15) is 0 Å². The van der Waals surface area contributed by atoms with Crippen LogP contribution < -0.4 is 5.32 Å². The monoisotopic (exact) mass is 405 g/mol. The van der Waals surface area contributed by atoms with Crippen molar-refractivity contribution < 1.29 is 23.5 Å². The maximum Gasteiger partial charge on any atom is 0.373 e. The van der Waals surface area contributed by atoms with E-state index in [-0.39, 0.29) is 18.0 Å². The zero-order chi connectivity index (χ0) is 21.3. The van der Waals surface area contributed by atoms with E-state index in [0.717, 1.165) is 21.8 Å². The summed E-state index contributed by atoms with van der Waals surface area (Å²) in [7, 11) is 1.24. The second kappa shape index (κ2) is 7.75. The highest BCUT2D eigenvalue weighted by molar-refractivity contribution is 6.13. The van der Waals surface area contributed by atoms with Crippen molar-refractivity contribution in [3.63, 3.8) is 0 Å². The van der Waals surface area contributed by atoms with Crippen LogP contribution in [0.5, 0.6) is 0 Å². The Morgan fingerprint density at radius 2 is 1.93 bits per heavy atom. The summed E-state index contributed by atoms with van der Waals surface area (Å²) in [4.78, 5) is 37.7. The average Bonchev–Trinajstić information content (AvgIpc) is 3.45. The van der Waals surface area contributed by atoms with Crippen LogP contribution in [0.15, 0.2) is 64.8 Å². The molecule has 3 amide bonds. The Bertz CT molecular complexity index is 1170. The normalized spacial score (nSPS) is 15.0. The maximum absolute atomic E-state index is 12.8. The van der Waals surface area contributed by atoms with E-state index in [1.54, 1.807) is 6.08 Å². The Hall–Kier alpha value is -4.07. The largest absolute Gasteiger partial charge is 0.463 e.